The number of hydrogen-bond donors (Lipinski definition) is 1. The molecule has 1 aliphatic heterocycles. The van der Waals surface area contributed by atoms with Crippen LogP contribution in [0.4, 0.5) is 0 Å². The molecule has 138 valence electrons. The van der Waals surface area contributed by atoms with Crippen LogP contribution in [0.1, 0.15) is 32.1 Å². The Hall–Kier alpha value is -1.15. The predicted octanol–water partition coefficient (Wildman–Crippen LogP) is 1.83. The topological polar surface area (TPSA) is 83.7 Å². The van der Waals surface area contributed by atoms with Gasteiger partial charge in [0.2, 0.25) is 15.9 Å². The molecule has 1 aromatic rings. The molecule has 1 aliphatic carbocycles. The first kappa shape index (κ1) is 18.6. The highest BCUT2D eigenvalue weighted by molar-refractivity contribution is 7.89. The van der Waals surface area contributed by atoms with Gasteiger partial charge in [-0.1, -0.05) is 43.0 Å². The predicted molar refractivity (Wildman–Crippen MR) is 96.8 cm³/mol. The molecular formula is C17H24ClN3O3S. The first-order valence-corrected chi connectivity index (χ1v) is 10.5. The lowest BCUT2D eigenvalue weighted by molar-refractivity contribution is -0.139. The van der Waals surface area contributed by atoms with Gasteiger partial charge in [-0.3, -0.25) is 4.79 Å². The lowest BCUT2D eigenvalue weighted by Gasteiger charge is -2.40. The van der Waals surface area contributed by atoms with E-state index in [0.717, 1.165) is 19.3 Å². The van der Waals surface area contributed by atoms with Crippen molar-refractivity contribution in [3.8, 4) is 0 Å². The Bertz CT molecular complexity index is 739. The molecular weight excluding hydrogens is 362 g/mol. The number of nitrogens with two attached hydrogens (primary N) is 1. The zero-order chi connectivity index (χ0) is 18.1. The number of amides is 1. The smallest absolute Gasteiger partial charge is 0.244 e. The molecule has 25 heavy (non-hydrogen) atoms. The maximum atomic E-state index is 12.8. The summed E-state index contributed by atoms with van der Waals surface area (Å²) in [6.45, 7) is 1.24. The Labute approximate surface area is 154 Å². The maximum absolute atomic E-state index is 12.8. The van der Waals surface area contributed by atoms with Crippen molar-refractivity contribution in [3.05, 3.63) is 29.3 Å². The lowest BCUT2D eigenvalue weighted by Crippen LogP contribution is -2.60. The molecule has 6 nitrogen and oxygen atoms in total. The van der Waals surface area contributed by atoms with Crippen molar-refractivity contribution < 1.29 is 13.2 Å². The molecule has 1 heterocycles. The van der Waals surface area contributed by atoms with Gasteiger partial charge >= 0.3 is 0 Å². The van der Waals surface area contributed by atoms with Gasteiger partial charge in [0, 0.05) is 26.2 Å². The van der Waals surface area contributed by atoms with E-state index >= 15 is 0 Å². The minimum atomic E-state index is -3.65. The molecule has 0 radical (unpaired) electrons. The summed E-state index contributed by atoms with van der Waals surface area (Å²) in [5.74, 6) is -0.0398. The van der Waals surface area contributed by atoms with Gasteiger partial charge in [-0.05, 0) is 25.0 Å². The number of nitrogens with zero attached hydrogens (tertiary/aromatic N) is 2. The number of benzene rings is 1. The van der Waals surface area contributed by atoms with E-state index in [1.807, 2.05) is 0 Å². The second kappa shape index (κ2) is 7.23. The first-order chi connectivity index (χ1) is 11.8. The standard InChI is InChI=1S/C17H24ClN3O3S/c18-14-6-2-3-7-15(14)25(23,24)21-12-10-20(11-13-21)16(22)17(19)8-4-1-5-9-17/h2-3,6-7H,1,4-5,8-13,19H2. The molecule has 0 atom stereocenters. The lowest BCUT2D eigenvalue weighted by atomic mass is 9.81. The summed E-state index contributed by atoms with van der Waals surface area (Å²) in [6, 6.07) is 6.42. The SMILES string of the molecule is NC1(C(=O)N2CCN(S(=O)(=O)c3ccccc3Cl)CC2)CCCCC1. The highest BCUT2D eigenvalue weighted by Gasteiger charge is 2.40. The van der Waals surface area contributed by atoms with E-state index in [2.05, 4.69) is 0 Å². The van der Waals surface area contributed by atoms with Crippen LogP contribution in [0.2, 0.25) is 5.02 Å². The average Bonchev–Trinajstić information content (AvgIpc) is 2.62. The van der Waals surface area contributed by atoms with Gasteiger partial charge in [0.1, 0.15) is 4.90 Å². The van der Waals surface area contributed by atoms with E-state index in [9.17, 15) is 13.2 Å². The van der Waals surface area contributed by atoms with Gasteiger partial charge in [0.05, 0.1) is 10.6 Å². The highest BCUT2D eigenvalue weighted by atomic mass is 35.5. The summed E-state index contributed by atoms with van der Waals surface area (Å²) in [5.41, 5.74) is 5.55. The van der Waals surface area contributed by atoms with E-state index < -0.39 is 15.6 Å². The number of piperazine rings is 1. The fraction of sp³-hybridized carbons (Fsp3) is 0.588. The third kappa shape index (κ3) is 3.69. The van der Waals surface area contributed by atoms with Crippen molar-refractivity contribution in [2.45, 2.75) is 42.5 Å². The van der Waals surface area contributed by atoms with Gasteiger partial charge in [0.15, 0.2) is 0 Å². The number of carbonyl (C=O) groups is 1. The van der Waals surface area contributed by atoms with E-state index in [1.165, 1.54) is 10.4 Å². The molecule has 1 aromatic carbocycles. The fourth-order valence-electron chi connectivity index (χ4n) is 3.64. The van der Waals surface area contributed by atoms with Gasteiger partial charge in [-0.25, -0.2) is 8.42 Å². The fourth-order valence-corrected chi connectivity index (χ4v) is 5.55. The zero-order valence-corrected chi connectivity index (χ0v) is 15.7. The van der Waals surface area contributed by atoms with Crippen molar-refractivity contribution in [1.29, 1.82) is 0 Å². The summed E-state index contributed by atoms with van der Waals surface area (Å²) >= 11 is 6.04. The van der Waals surface area contributed by atoms with E-state index in [-0.39, 0.29) is 28.9 Å². The zero-order valence-electron chi connectivity index (χ0n) is 14.2. The van der Waals surface area contributed by atoms with Gasteiger partial charge in [-0.15, -0.1) is 0 Å². The number of carbonyl (C=O) groups excluding carboxylic acids is 1. The van der Waals surface area contributed by atoms with E-state index in [0.29, 0.717) is 25.9 Å². The summed E-state index contributed by atoms with van der Waals surface area (Å²) < 4.78 is 26.9. The molecule has 0 unspecified atom stereocenters. The quantitative estimate of drug-likeness (QED) is 0.860. The van der Waals surface area contributed by atoms with Crippen molar-refractivity contribution in [2.24, 2.45) is 5.73 Å². The van der Waals surface area contributed by atoms with Crippen LogP contribution < -0.4 is 5.73 Å². The Kier molecular flexibility index (Phi) is 5.39. The number of rotatable bonds is 3. The number of sulfonamides is 1. The van der Waals surface area contributed by atoms with Gasteiger partial charge < -0.3 is 10.6 Å². The van der Waals surface area contributed by atoms with Crippen LogP contribution in [0.3, 0.4) is 0 Å². The minimum Gasteiger partial charge on any atom is -0.338 e. The highest BCUT2D eigenvalue weighted by Crippen LogP contribution is 2.29. The normalized spacial score (nSPS) is 21.9. The molecule has 3 rings (SSSR count). The third-order valence-corrected chi connectivity index (χ3v) is 7.55. The summed E-state index contributed by atoms with van der Waals surface area (Å²) in [4.78, 5) is 14.6. The molecule has 1 amide bonds. The van der Waals surface area contributed by atoms with E-state index in [4.69, 9.17) is 17.3 Å². The molecule has 2 aliphatic rings. The monoisotopic (exact) mass is 385 g/mol. The van der Waals surface area contributed by atoms with Crippen LogP contribution in [0.25, 0.3) is 0 Å². The number of halogens is 1. The van der Waals surface area contributed by atoms with Crippen molar-refractivity contribution in [3.63, 3.8) is 0 Å². The Balaban J connectivity index is 1.67. The third-order valence-electron chi connectivity index (χ3n) is 5.15. The maximum Gasteiger partial charge on any atom is 0.244 e. The van der Waals surface area contributed by atoms with Crippen LogP contribution >= 0.6 is 11.6 Å². The van der Waals surface area contributed by atoms with Crippen LogP contribution in [-0.4, -0.2) is 55.2 Å². The van der Waals surface area contributed by atoms with E-state index in [1.54, 1.807) is 23.1 Å². The van der Waals surface area contributed by atoms with Gasteiger partial charge in [0.25, 0.3) is 0 Å². The minimum absolute atomic E-state index is 0.0398. The summed E-state index contributed by atoms with van der Waals surface area (Å²) in [7, 11) is -3.65. The molecule has 2 N–H and O–H groups in total. The molecule has 0 bridgehead atoms. The Morgan fingerprint density at radius 3 is 2.24 bits per heavy atom. The molecule has 1 saturated carbocycles. The molecule has 2 fully saturated rings. The van der Waals surface area contributed by atoms with Gasteiger partial charge in [-0.2, -0.15) is 4.31 Å². The Morgan fingerprint density at radius 1 is 1.04 bits per heavy atom. The summed E-state index contributed by atoms with van der Waals surface area (Å²) in [5, 5.41) is 0.212. The summed E-state index contributed by atoms with van der Waals surface area (Å²) in [6.07, 6.45) is 4.50. The van der Waals surface area contributed by atoms with Crippen molar-refractivity contribution >= 4 is 27.5 Å². The van der Waals surface area contributed by atoms with Crippen LogP contribution in [-0.2, 0) is 14.8 Å². The Morgan fingerprint density at radius 2 is 1.64 bits per heavy atom. The molecule has 1 saturated heterocycles. The van der Waals surface area contributed by atoms with Crippen LogP contribution in [0, 0.1) is 0 Å². The van der Waals surface area contributed by atoms with Crippen molar-refractivity contribution in [2.75, 3.05) is 26.2 Å². The number of hydrogen-bond acceptors (Lipinski definition) is 4. The largest absolute Gasteiger partial charge is 0.338 e. The van der Waals surface area contributed by atoms with Crippen molar-refractivity contribution in [1.82, 2.24) is 9.21 Å². The average molecular weight is 386 g/mol. The second-order valence-electron chi connectivity index (χ2n) is 6.84. The van der Waals surface area contributed by atoms with Crippen LogP contribution in [0.15, 0.2) is 29.2 Å². The molecule has 8 heteroatoms. The molecule has 0 spiro atoms. The first-order valence-electron chi connectivity index (χ1n) is 8.67. The second-order valence-corrected chi connectivity index (χ2v) is 9.16. The van der Waals surface area contributed by atoms with Crippen LogP contribution in [0.5, 0.6) is 0 Å². The molecule has 0 aromatic heterocycles.